The van der Waals surface area contributed by atoms with E-state index in [1.165, 1.54) is 16.8 Å². The van der Waals surface area contributed by atoms with Gasteiger partial charge in [0.05, 0.1) is 5.94 Å². The third kappa shape index (κ3) is 5.27. The highest BCUT2D eigenvalue weighted by Gasteiger charge is 2.25. The van der Waals surface area contributed by atoms with Gasteiger partial charge >= 0.3 is 7.12 Å². The summed E-state index contributed by atoms with van der Waals surface area (Å²) >= 11 is 0. The maximum atomic E-state index is 11.8. The quantitative estimate of drug-likeness (QED) is 0.599. The molecule has 0 aliphatic rings. The molecule has 1 rings (SSSR count). The minimum absolute atomic E-state index is 0.138. The summed E-state index contributed by atoms with van der Waals surface area (Å²) in [6, 6.07) is 4.61. The van der Waals surface area contributed by atoms with Gasteiger partial charge in [-0.05, 0) is 18.4 Å². The number of hydrogen-bond acceptors (Lipinski definition) is 4. The fourth-order valence-electron chi connectivity index (χ4n) is 1.76. The Bertz CT molecular complexity index is 473. The minimum atomic E-state index is -1.61. The van der Waals surface area contributed by atoms with E-state index in [4.69, 9.17) is 0 Å². The van der Waals surface area contributed by atoms with Crippen LogP contribution in [0.5, 0.6) is 0 Å². The van der Waals surface area contributed by atoms with E-state index in [0.717, 1.165) is 0 Å². The van der Waals surface area contributed by atoms with Crippen molar-refractivity contribution in [2.75, 3.05) is 0 Å². The van der Waals surface area contributed by atoms with E-state index in [1.54, 1.807) is 12.1 Å². The van der Waals surface area contributed by atoms with Gasteiger partial charge in [0, 0.05) is 12.3 Å². The molecular weight excluding hydrogens is 247 g/mol. The average Bonchev–Trinajstić information content (AvgIpc) is 2.30. The second-order valence-corrected chi connectivity index (χ2v) is 4.88. The van der Waals surface area contributed by atoms with Crippen LogP contribution < -0.4 is 10.9 Å². The van der Waals surface area contributed by atoms with Crippen LogP contribution in [-0.2, 0) is 11.3 Å². The molecule has 0 saturated heterocycles. The molecule has 104 valence electrons. The van der Waals surface area contributed by atoms with Crippen LogP contribution in [0.4, 0.5) is 0 Å². The Morgan fingerprint density at radius 2 is 2.11 bits per heavy atom. The number of aromatic nitrogens is 1. The van der Waals surface area contributed by atoms with E-state index in [0.29, 0.717) is 6.42 Å². The highest BCUT2D eigenvalue weighted by atomic mass is 16.4. The Hall–Kier alpha value is -1.60. The summed E-state index contributed by atoms with van der Waals surface area (Å²) in [5.41, 5.74) is -0.275. The fraction of sp³-hybridized carbons (Fsp3) is 0.500. The number of amides is 1. The van der Waals surface area contributed by atoms with Crippen molar-refractivity contribution in [3.63, 3.8) is 0 Å². The zero-order valence-electron chi connectivity index (χ0n) is 11.1. The Balaban J connectivity index is 2.63. The van der Waals surface area contributed by atoms with Gasteiger partial charge in [-0.15, -0.1) is 0 Å². The van der Waals surface area contributed by atoms with Crippen molar-refractivity contribution in [1.82, 2.24) is 9.88 Å². The fourth-order valence-corrected chi connectivity index (χ4v) is 1.76. The van der Waals surface area contributed by atoms with Crippen molar-refractivity contribution in [3.05, 3.63) is 34.7 Å². The van der Waals surface area contributed by atoms with Gasteiger partial charge in [0.25, 0.3) is 5.56 Å². The smallest absolute Gasteiger partial charge is 0.426 e. The Morgan fingerprint density at radius 1 is 1.42 bits per heavy atom. The summed E-state index contributed by atoms with van der Waals surface area (Å²) in [7, 11) is -1.61. The predicted molar refractivity (Wildman–Crippen MR) is 72.3 cm³/mol. The first-order chi connectivity index (χ1) is 8.90. The number of pyridine rings is 1. The highest BCUT2D eigenvalue weighted by molar-refractivity contribution is 6.43. The third-order valence-corrected chi connectivity index (χ3v) is 2.64. The average molecular weight is 266 g/mol. The van der Waals surface area contributed by atoms with Gasteiger partial charge in [-0.25, -0.2) is 0 Å². The summed E-state index contributed by atoms with van der Waals surface area (Å²) < 4.78 is 1.26. The molecule has 0 bridgehead atoms. The molecule has 0 fully saturated rings. The SMILES string of the molecule is CC(C)C[C@H](NC(=O)Cn1ccccc1=O)B(O)O. The second-order valence-electron chi connectivity index (χ2n) is 4.88. The highest BCUT2D eigenvalue weighted by Crippen LogP contribution is 2.05. The standard InChI is InChI=1S/C12H19BN2O4/c1-9(2)7-10(13(18)19)14-11(16)8-15-6-4-3-5-12(15)17/h3-6,9-10,18-19H,7-8H2,1-2H3,(H,14,16)/t10-/m0/s1. The van der Waals surface area contributed by atoms with Crippen LogP contribution in [0.15, 0.2) is 29.2 Å². The molecular formula is C12H19BN2O4. The molecule has 7 heteroatoms. The van der Waals surface area contributed by atoms with Gasteiger partial charge < -0.3 is 19.9 Å². The topological polar surface area (TPSA) is 91.6 Å². The van der Waals surface area contributed by atoms with Gasteiger partial charge in [-0.1, -0.05) is 19.9 Å². The van der Waals surface area contributed by atoms with E-state index in [1.807, 2.05) is 13.8 Å². The molecule has 1 heterocycles. The van der Waals surface area contributed by atoms with Crippen LogP contribution >= 0.6 is 0 Å². The van der Waals surface area contributed by atoms with Gasteiger partial charge in [-0.2, -0.15) is 0 Å². The van der Waals surface area contributed by atoms with Crippen LogP contribution in [0, 0.1) is 5.92 Å². The number of hydrogen-bond donors (Lipinski definition) is 3. The van der Waals surface area contributed by atoms with Gasteiger partial charge in [0.15, 0.2) is 0 Å². The molecule has 6 nitrogen and oxygen atoms in total. The second kappa shape index (κ2) is 7.11. The lowest BCUT2D eigenvalue weighted by Crippen LogP contribution is -2.48. The van der Waals surface area contributed by atoms with Crippen LogP contribution in [0.25, 0.3) is 0 Å². The molecule has 0 radical (unpaired) electrons. The molecule has 0 aliphatic carbocycles. The summed E-state index contributed by atoms with van der Waals surface area (Å²) in [5.74, 6) is -0.939. The first-order valence-electron chi connectivity index (χ1n) is 6.21. The minimum Gasteiger partial charge on any atom is -0.426 e. The first-order valence-corrected chi connectivity index (χ1v) is 6.21. The van der Waals surface area contributed by atoms with E-state index < -0.39 is 19.0 Å². The summed E-state index contributed by atoms with van der Waals surface area (Å²) in [6.07, 6.45) is 1.96. The maximum absolute atomic E-state index is 11.8. The van der Waals surface area contributed by atoms with E-state index in [9.17, 15) is 19.6 Å². The van der Waals surface area contributed by atoms with Gasteiger partial charge in [-0.3, -0.25) is 9.59 Å². The Kier molecular flexibility index (Phi) is 5.78. The molecule has 0 saturated carbocycles. The maximum Gasteiger partial charge on any atom is 0.475 e. The van der Waals surface area contributed by atoms with Gasteiger partial charge in [0.1, 0.15) is 6.54 Å². The Labute approximate surface area is 112 Å². The lowest BCUT2D eigenvalue weighted by atomic mass is 9.75. The molecule has 3 N–H and O–H groups in total. The number of rotatable bonds is 6. The molecule has 0 aromatic carbocycles. The van der Waals surface area contributed by atoms with Gasteiger partial charge in [0.2, 0.25) is 5.91 Å². The molecule has 0 aliphatic heterocycles. The molecule has 19 heavy (non-hydrogen) atoms. The van der Waals surface area contributed by atoms with Crippen LogP contribution in [0.3, 0.4) is 0 Å². The molecule has 1 atom stereocenters. The van der Waals surface area contributed by atoms with Crippen molar-refractivity contribution >= 4 is 13.0 Å². The van der Waals surface area contributed by atoms with Crippen molar-refractivity contribution < 1.29 is 14.8 Å². The summed E-state index contributed by atoms with van der Waals surface area (Å²) in [4.78, 5) is 23.2. The van der Waals surface area contributed by atoms with Crippen molar-refractivity contribution in [3.8, 4) is 0 Å². The lowest BCUT2D eigenvalue weighted by Gasteiger charge is -2.19. The zero-order chi connectivity index (χ0) is 14.4. The summed E-state index contributed by atoms with van der Waals surface area (Å²) in [6.45, 7) is 3.70. The van der Waals surface area contributed by atoms with Crippen LogP contribution in [-0.4, -0.2) is 33.6 Å². The normalized spacial score (nSPS) is 12.3. The van der Waals surface area contributed by atoms with E-state index >= 15 is 0 Å². The third-order valence-electron chi connectivity index (χ3n) is 2.64. The van der Waals surface area contributed by atoms with Crippen molar-refractivity contribution in [2.24, 2.45) is 5.92 Å². The number of carbonyl (C=O) groups is 1. The number of nitrogens with one attached hydrogen (secondary N) is 1. The summed E-state index contributed by atoms with van der Waals surface area (Å²) in [5, 5.41) is 20.9. The van der Waals surface area contributed by atoms with Crippen LogP contribution in [0.1, 0.15) is 20.3 Å². The molecule has 0 unspecified atom stereocenters. The Morgan fingerprint density at radius 3 is 2.63 bits per heavy atom. The lowest BCUT2D eigenvalue weighted by molar-refractivity contribution is -0.122. The van der Waals surface area contributed by atoms with E-state index in [2.05, 4.69) is 5.32 Å². The van der Waals surface area contributed by atoms with Crippen molar-refractivity contribution in [1.29, 1.82) is 0 Å². The molecule has 1 aromatic heterocycles. The van der Waals surface area contributed by atoms with E-state index in [-0.39, 0.29) is 18.0 Å². The van der Waals surface area contributed by atoms with Crippen molar-refractivity contribution in [2.45, 2.75) is 32.8 Å². The number of nitrogens with zero attached hydrogens (tertiary/aromatic N) is 1. The monoisotopic (exact) mass is 266 g/mol. The molecule has 1 aromatic rings. The molecule has 0 spiro atoms. The first kappa shape index (κ1) is 15.5. The molecule has 1 amide bonds. The zero-order valence-corrected chi connectivity index (χ0v) is 11.1. The predicted octanol–water partition coefficient (Wildman–Crippen LogP) is -0.609. The number of carbonyl (C=O) groups excluding carboxylic acids is 1. The van der Waals surface area contributed by atoms with Crippen LogP contribution in [0.2, 0.25) is 0 Å². The largest absolute Gasteiger partial charge is 0.475 e.